The van der Waals surface area contributed by atoms with E-state index in [4.69, 9.17) is 9.47 Å². The van der Waals surface area contributed by atoms with E-state index in [1.807, 2.05) is 20.8 Å². The van der Waals surface area contributed by atoms with Crippen LogP contribution in [0.25, 0.3) is 0 Å². The lowest BCUT2D eigenvalue weighted by Crippen LogP contribution is -2.39. The van der Waals surface area contributed by atoms with Crippen molar-refractivity contribution < 1.29 is 19.1 Å². The first-order valence-electron chi connectivity index (χ1n) is 5.75. The summed E-state index contributed by atoms with van der Waals surface area (Å²) in [7, 11) is 2.70. The highest BCUT2D eigenvalue weighted by Gasteiger charge is 2.42. The third kappa shape index (κ3) is 2.51. The molecule has 0 saturated carbocycles. The lowest BCUT2D eigenvalue weighted by Gasteiger charge is -2.34. The van der Waals surface area contributed by atoms with Crippen LogP contribution in [-0.2, 0) is 19.1 Å². The maximum absolute atomic E-state index is 11.8. The largest absolute Gasteiger partial charge is 0.469 e. The highest BCUT2D eigenvalue weighted by atomic mass is 16.5. The lowest BCUT2D eigenvalue weighted by atomic mass is 9.70. The number of carbonyl (C=O) groups is 2. The number of ether oxygens (including phenoxy) is 2. The maximum atomic E-state index is 11.8. The van der Waals surface area contributed by atoms with Crippen molar-refractivity contribution in [1.82, 2.24) is 0 Å². The second-order valence-electron chi connectivity index (χ2n) is 4.63. The quantitative estimate of drug-likeness (QED) is 0.546. The van der Waals surface area contributed by atoms with Gasteiger partial charge in [-0.25, -0.2) is 0 Å². The predicted molar refractivity (Wildman–Crippen MR) is 63.2 cm³/mol. The number of carbonyl (C=O) groups excluding carboxylic acids is 2. The highest BCUT2D eigenvalue weighted by molar-refractivity contribution is 5.83. The Labute approximate surface area is 102 Å². The molecule has 3 atom stereocenters. The SMILES string of the molecule is COC(=O)[C@@H]1[C@@H](C(=O)OC)CC(C)=C(C)[C@@H]1C. The van der Waals surface area contributed by atoms with E-state index in [-0.39, 0.29) is 17.9 Å². The molecule has 0 fully saturated rings. The van der Waals surface area contributed by atoms with Gasteiger partial charge >= 0.3 is 11.9 Å². The molecule has 0 heterocycles. The molecule has 0 bridgehead atoms. The van der Waals surface area contributed by atoms with Crippen LogP contribution in [0, 0.1) is 17.8 Å². The Morgan fingerprint density at radius 1 is 1.12 bits per heavy atom. The van der Waals surface area contributed by atoms with Crippen LogP contribution in [0.15, 0.2) is 11.1 Å². The van der Waals surface area contributed by atoms with Gasteiger partial charge in [0, 0.05) is 0 Å². The molecule has 0 aliphatic heterocycles. The molecular formula is C13H20O4. The van der Waals surface area contributed by atoms with Gasteiger partial charge in [-0.2, -0.15) is 0 Å². The van der Waals surface area contributed by atoms with Crippen molar-refractivity contribution >= 4 is 11.9 Å². The van der Waals surface area contributed by atoms with Crippen LogP contribution in [0.2, 0.25) is 0 Å². The molecule has 1 rings (SSSR count). The minimum atomic E-state index is -0.434. The van der Waals surface area contributed by atoms with Gasteiger partial charge in [0.15, 0.2) is 0 Å². The normalized spacial score (nSPS) is 28.9. The fourth-order valence-electron chi connectivity index (χ4n) is 2.51. The topological polar surface area (TPSA) is 52.6 Å². The zero-order chi connectivity index (χ0) is 13.2. The van der Waals surface area contributed by atoms with Gasteiger partial charge in [0.1, 0.15) is 0 Å². The zero-order valence-corrected chi connectivity index (χ0v) is 11.1. The Morgan fingerprint density at radius 2 is 1.65 bits per heavy atom. The Hall–Kier alpha value is -1.32. The Bertz CT molecular complexity index is 356. The van der Waals surface area contributed by atoms with Crippen LogP contribution in [0.5, 0.6) is 0 Å². The van der Waals surface area contributed by atoms with E-state index >= 15 is 0 Å². The van der Waals surface area contributed by atoms with Crippen molar-refractivity contribution in [2.75, 3.05) is 14.2 Å². The van der Waals surface area contributed by atoms with E-state index in [2.05, 4.69) is 0 Å². The summed E-state index contributed by atoms with van der Waals surface area (Å²) in [6, 6.07) is 0. The molecule has 4 nitrogen and oxygen atoms in total. The molecule has 0 N–H and O–H groups in total. The number of hydrogen-bond donors (Lipinski definition) is 0. The number of rotatable bonds is 2. The molecule has 1 aliphatic carbocycles. The second-order valence-corrected chi connectivity index (χ2v) is 4.63. The van der Waals surface area contributed by atoms with Crippen LogP contribution < -0.4 is 0 Å². The molecule has 1 aliphatic rings. The van der Waals surface area contributed by atoms with Crippen molar-refractivity contribution in [3.8, 4) is 0 Å². The van der Waals surface area contributed by atoms with Crippen molar-refractivity contribution in [2.24, 2.45) is 17.8 Å². The maximum Gasteiger partial charge on any atom is 0.310 e. The van der Waals surface area contributed by atoms with Crippen LogP contribution in [-0.4, -0.2) is 26.2 Å². The summed E-state index contributed by atoms with van der Waals surface area (Å²) < 4.78 is 9.58. The molecule has 96 valence electrons. The van der Waals surface area contributed by atoms with E-state index in [0.29, 0.717) is 6.42 Å². The summed E-state index contributed by atoms with van der Waals surface area (Å²) in [6.07, 6.45) is 0.572. The summed E-state index contributed by atoms with van der Waals surface area (Å²) in [4.78, 5) is 23.6. The summed E-state index contributed by atoms with van der Waals surface area (Å²) >= 11 is 0. The molecule has 0 spiro atoms. The first kappa shape index (κ1) is 13.7. The lowest BCUT2D eigenvalue weighted by molar-refractivity contribution is -0.159. The van der Waals surface area contributed by atoms with Gasteiger partial charge in [-0.3, -0.25) is 9.59 Å². The summed E-state index contributed by atoms with van der Waals surface area (Å²) in [5, 5.41) is 0. The molecule has 0 unspecified atom stereocenters. The van der Waals surface area contributed by atoms with Gasteiger partial charge in [0.25, 0.3) is 0 Å². The molecule has 0 aromatic carbocycles. The minimum absolute atomic E-state index is 0.0142. The van der Waals surface area contributed by atoms with Crippen LogP contribution in [0.3, 0.4) is 0 Å². The van der Waals surface area contributed by atoms with E-state index in [1.54, 1.807) is 0 Å². The van der Waals surface area contributed by atoms with Crippen LogP contribution in [0.1, 0.15) is 27.2 Å². The van der Waals surface area contributed by atoms with Gasteiger partial charge in [-0.15, -0.1) is 0 Å². The summed E-state index contributed by atoms with van der Waals surface area (Å²) in [5.41, 5.74) is 2.33. The molecule has 0 aromatic heterocycles. The summed E-state index contributed by atoms with van der Waals surface area (Å²) in [5.74, 6) is -1.51. The fraction of sp³-hybridized carbons (Fsp3) is 0.692. The Kier molecular flexibility index (Phi) is 4.32. The number of esters is 2. The van der Waals surface area contributed by atoms with E-state index < -0.39 is 11.8 Å². The zero-order valence-electron chi connectivity index (χ0n) is 11.1. The van der Waals surface area contributed by atoms with Gasteiger partial charge in [0.05, 0.1) is 26.1 Å². The van der Waals surface area contributed by atoms with Gasteiger partial charge < -0.3 is 9.47 Å². The second kappa shape index (κ2) is 5.34. The summed E-state index contributed by atoms with van der Waals surface area (Å²) in [6.45, 7) is 5.95. The number of allylic oxidation sites excluding steroid dienone is 2. The molecule has 0 aromatic rings. The minimum Gasteiger partial charge on any atom is -0.469 e. The Morgan fingerprint density at radius 3 is 2.12 bits per heavy atom. The molecule has 0 radical (unpaired) electrons. The van der Waals surface area contributed by atoms with E-state index in [0.717, 1.165) is 5.57 Å². The average Bonchev–Trinajstić information content (AvgIpc) is 2.33. The smallest absolute Gasteiger partial charge is 0.310 e. The van der Waals surface area contributed by atoms with Gasteiger partial charge in [-0.05, 0) is 26.2 Å². The third-order valence-electron chi connectivity index (χ3n) is 3.83. The van der Waals surface area contributed by atoms with E-state index in [1.165, 1.54) is 19.8 Å². The van der Waals surface area contributed by atoms with Crippen molar-refractivity contribution in [3.63, 3.8) is 0 Å². The van der Waals surface area contributed by atoms with Gasteiger partial charge in [0.2, 0.25) is 0 Å². The highest BCUT2D eigenvalue weighted by Crippen LogP contribution is 2.39. The molecule has 17 heavy (non-hydrogen) atoms. The van der Waals surface area contributed by atoms with Crippen molar-refractivity contribution in [1.29, 1.82) is 0 Å². The molecular weight excluding hydrogens is 220 g/mol. The first-order chi connectivity index (χ1) is 7.93. The number of methoxy groups -OCH3 is 2. The number of hydrogen-bond acceptors (Lipinski definition) is 4. The van der Waals surface area contributed by atoms with Crippen molar-refractivity contribution in [2.45, 2.75) is 27.2 Å². The standard InChI is InChI=1S/C13H20O4/c1-7-6-10(12(14)16-4)11(13(15)17-5)9(3)8(7)2/h9-11H,6H2,1-5H3/t9-,10-,11-/m0/s1. The fourth-order valence-corrected chi connectivity index (χ4v) is 2.51. The molecule has 0 saturated heterocycles. The van der Waals surface area contributed by atoms with E-state index in [9.17, 15) is 9.59 Å². The monoisotopic (exact) mass is 240 g/mol. The molecule has 4 heteroatoms. The Balaban J connectivity index is 3.10. The van der Waals surface area contributed by atoms with Crippen molar-refractivity contribution in [3.05, 3.63) is 11.1 Å². The van der Waals surface area contributed by atoms with Crippen LogP contribution >= 0.6 is 0 Å². The average molecular weight is 240 g/mol. The van der Waals surface area contributed by atoms with Crippen LogP contribution in [0.4, 0.5) is 0 Å². The first-order valence-corrected chi connectivity index (χ1v) is 5.75. The third-order valence-corrected chi connectivity index (χ3v) is 3.83. The molecule has 0 amide bonds. The van der Waals surface area contributed by atoms with Gasteiger partial charge in [-0.1, -0.05) is 18.1 Å². The predicted octanol–water partition coefficient (Wildman–Crippen LogP) is 1.94.